The van der Waals surface area contributed by atoms with Crippen molar-refractivity contribution in [1.29, 1.82) is 0 Å². The number of rotatable bonds is 10. The van der Waals surface area contributed by atoms with Gasteiger partial charge in [-0.15, -0.1) is 0 Å². The molecule has 2 heterocycles. The smallest absolute Gasteiger partial charge is 0.250 e. The van der Waals surface area contributed by atoms with Crippen molar-refractivity contribution < 1.29 is 4.74 Å². The lowest BCUT2D eigenvalue weighted by Crippen LogP contribution is -2.24. The summed E-state index contributed by atoms with van der Waals surface area (Å²) in [5, 5.41) is 1.01. The average Bonchev–Trinajstić information content (AvgIpc) is 2.84. The van der Waals surface area contributed by atoms with Crippen LogP contribution in [0.25, 0.3) is 10.9 Å². The summed E-state index contributed by atoms with van der Waals surface area (Å²) in [6.45, 7) is 4.71. The van der Waals surface area contributed by atoms with Crippen molar-refractivity contribution in [2.24, 2.45) is 7.05 Å². The van der Waals surface area contributed by atoms with Gasteiger partial charge >= 0.3 is 0 Å². The number of aromatic nitrogens is 2. The maximum absolute atomic E-state index is 11.8. The normalized spacial score (nSPS) is 11.0. The fraction of sp³-hybridized carbons (Fsp3) is 0.286. The summed E-state index contributed by atoms with van der Waals surface area (Å²) in [4.78, 5) is 18.5. The summed E-state index contributed by atoms with van der Waals surface area (Å²) in [7, 11) is 1.79. The largest absolute Gasteiger partial charge is 0.494 e. The Morgan fingerprint density at radius 1 is 0.970 bits per heavy atom. The van der Waals surface area contributed by atoms with Crippen molar-refractivity contribution in [2.45, 2.75) is 32.7 Å². The molecule has 170 valence electrons. The van der Waals surface area contributed by atoms with Gasteiger partial charge in [0.2, 0.25) is 0 Å². The highest BCUT2D eigenvalue weighted by atomic mass is 16.5. The summed E-state index contributed by atoms with van der Waals surface area (Å²) in [6, 6.07) is 22.0. The Bertz CT molecular complexity index is 1250. The second-order valence-corrected chi connectivity index (χ2v) is 8.42. The minimum absolute atomic E-state index is 0.000999. The zero-order valence-electron chi connectivity index (χ0n) is 19.4. The van der Waals surface area contributed by atoms with Gasteiger partial charge in [0.15, 0.2) is 0 Å². The van der Waals surface area contributed by atoms with Crippen LogP contribution in [0, 0.1) is 6.92 Å². The minimum atomic E-state index is -0.000999. The van der Waals surface area contributed by atoms with Crippen LogP contribution < -0.4 is 15.2 Å². The van der Waals surface area contributed by atoms with E-state index in [1.54, 1.807) is 17.7 Å². The second-order valence-electron chi connectivity index (χ2n) is 8.42. The van der Waals surface area contributed by atoms with E-state index < -0.39 is 0 Å². The third kappa shape index (κ3) is 5.80. The summed E-state index contributed by atoms with van der Waals surface area (Å²) in [5.41, 5.74) is 4.73. The van der Waals surface area contributed by atoms with E-state index in [0.717, 1.165) is 54.7 Å². The average molecular weight is 442 g/mol. The lowest BCUT2D eigenvalue weighted by Gasteiger charge is -2.25. The number of unbranched alkanes of at least 4 members (excludes halogenated alkanes) is 2. The highest BCUT2D eigenvalue weighted by Gasteiger charge is 2.09. The fourth-order valence-corrected chi connectivity index (χ4v) is 4.06. The van der Waals surface area contributed by atoms with Crippen LogP contribution in [-0.4, -0.2) is 22.7 Å². The first-order chi connectivity index (χ1) is 16.1. The fourth-order valence-electron chi connectivity index (χ4n) is 4.06. The van der Waals surface area contributed by atoms with E-state index in [4.69, 9.17) is 4.74 Å². The van der Waals surface area contributed by atoms with Gasteiger partial charge in [0.1, 0.15) is 5.75 Å². The van der Waals surface area contributed by atoms with Crippen LogP contribution in [0.15, 0.2) is 83.9 Å². The molecule has 0 saturated carbocycles. The van der Waals surface area contributed by atoms with Gasteiger partial charge in [-0.05, 0) is 73.7 Å². The quantitative estimate of drug-likeness (QED) is 0.305. The van der Waals surface area contributed by atoms with Crippen LogP contribution in [0.2, 0.25) is 0 Å². The lowest BCUT2D eigenvalue weighted by atomic mass is 10.1. The maximum Gasteiger partial charge on any atom is 0.250 e. The number of hydrogen-bond acceptors (Lipinski definition) is 4. The van der Waals surface area contributed by atoms with E-state index in [1.165, 1.54) is 11.1 Å². The third-order valence-electron chi connectivity index (χ3n) is 6.07. The lowest BCUT2D eigenvalue weighted by molar-refractivity contribution is 0.306. The first kappa shape index (κ1) is 22.6. The zero-order chi connectivity index (χ0) is 23.0. The van der Waals surface area contributed by atoms with Crippen molar-refractivity contribution in [2.75, 3.05) is 18.1 Å². The summed E-state index contributed by atoms with van der Waals surface area (Å²) >= 11 is 0. The number of ether oxygens (including phenoxy) is 1. The molecule has 2 aromatic heterocycles. The van der Waals surface area contributed by atoms with Crippen LogP contribution in [0.3, 0.4) is 0 Å². The van der Waals surface area contributed by atoms with Crippen LogP contribution >= 0.6 is 0 Å². The summed E-state index contributed by atoms with van der Waals surface area (Å²) in [5.74, 6) is 0.845. The van der Waals surface area contributed by atoms with Crippen molar-refractivity contribution in [1.82, 2.24) is 9.55 Å². The molecule has 0 bridgehead atoms. The Morgan fingerprint density at radius 3 is 2.67 bits per heavy atom. The van der Waals surface area contributed by atoms with Crippen molar-refractivity contribution >= 4 is 16.6 Å². The molecule has 0 amide bonds. The number of pyridine rings is 2. The van der Waals surface area contributed by atoms with Gasteiger partial charge in [0.25, 0.3) is 5.56 Å². The predicted octanol–water partition coefficient (Wildman–Crippen LogP) is 5.50. The zero-order valence-corrected chi connectivity index (χ0v) is 19.4. The molecule has 0 atom stereocenters. The second kappa shape index (κ2) is 10.8. The van der Waals surface area contributed by atoms with Crippen molar-refractivity contribution in [3.8, 4) is 5.75 Å². The molecule has 5 nitrogen and oxygen atoms in total. The molecule has 4 aromatic rings. The first-order valence-electron chi connectivity index (χ1n) is 11.5. The molecule has 4 rings (SSSR count). The Morgan fingerprint density at radius 2 is 1.85 bits per heavy atom. The van der Waals surface area contributed by atoms with Gasteiger partial charge in [-0.2, -0.15) is 0 Å². The molecule has 0 N–H and O–H groups in total. The number of nitrogens with zero attached hydrogens (tertiary/aromatic N) is 3. The Labute approximate surface area is 195 Å². The van der Waals surface area contributed by atoms with Gasteiger partial charge in [-0.25, -0.2) is 0 Å². The molecule has 2 aromatic carbocycles. The van der Waals surface area contributed by atoms with E-state index >= 15 is 0 Å². The molecule has 33 heavy (non-hydrogen) atoms. The molecule has 0 radical (unpaired) electrons. The standard InChI is InChI=1S/C28H31N3O2/c1-22-9-4-5-10-24(22)21-31(25-11-8-16-29-20-25)17-6-3-7-18-33-26-13-14-27-23(19-26)12-15-28(32)30(27)2/h4-5,8-16,19-20H,3,6-7,17-18,21H2,1-2H3. The van der Waals surface area contributed by atoms with Crippen LogP contribution in [0.5, 0.6) is 5.75 Å². The minimum Gasteiger partial charge on any atom is -0.494 e. The Hall–Kier alpha value is -3.60. The molecule has 0 saturated heterocycles. The number of hydrogen-bond donors (Lipinski definition) is 0. The number of aryl methyl sites for hydroxylation is 2. The highest BCUT2D eigenvalue weighted by molar-refractivity contribution is 5.80. The van der Waals surface area contributed by atoms with E-state index in [9.17, 15) is 4.79 Å². The summed E-state index contributed by atoms with van der Waals surface area (Å²) < 4.78 is 7.63. The third-order valence-corrected chi connectivity index (χ3v) is 6.07. The number of anilines is 1. The number of fused-ring (bicyclic) bond motifs is 1. The van der Waals surface area contributed by atoms with Crippen LogP contribution in [0.4, 0.5) is 5.69 Å². The van der Waals surface area contributed by atoms with Crippen molar-refractivity contribution in [3.05, 3.63) is 101 Å². The van der Waals surface area contributed by atoms with Crippen LogP contribution in [-0.2, 0) is 13.6 Å². The molecule has 0 unspecified atom stereocenters. The van der Waals surface area contributed by atoms with Gasteiger partial charge in [-0.1, -0.05) is 24.3 Å². The van der Waals surface area contributed by atoms with Gasteiger partial charge in [0.05, 0.1) is 24.0 Å². The molecular formula is C28H31N3O2. The van der Waals surface area contributed by atoms with Gasteiger partial charge < -0.3 is 14.2 Å². The topological polar surface area (TPSA) is 47.4 Å². The van der Waals surface area contributed by atoms with Crippen molar-refractivity contribution in [3.63, 3.8) is 0 Å². The predicted molar refractivity (Wildman–Crippen MR) is 135 cm³/mol. The van der Waals surface area contributed by atoms with E-state index in [-0.39, 0.29) is 5.56 Å². The monoisotopic (exact) mass is 441 g/mol. The summed E-state index contributed by atoms with van der Waals surface area (Å²) in [6.07, 6.45) is 6.93. The van der Waals surface area contributed by atoms with Gasteiger partial charge in [-0.3, -0.25) is 9.78 Å². The van der Waals surface area contributed by atoms with E-state index in [1.807, 2.05) is 42.7 Å². The number of benzene rings is 2. The highest BCUT2D eigenvalue weighted by Crippen LogP contribution is 2.21. The van der Waals surface area contributed by atoms with E-state index in [2.05, 4.69) is 47.1 Å². The Kier molecular flexibility index (Phi) is 7.40. The first-order valence-corrected chi connectivity index (χ1v) is 11.5. The molecule has 0 aliphatic carbocycles. The molecule has 0 aliphatic rings. The molecule has 0 spiro atoms. The molecule has 5 heteroatoms. The Balaban J connectivity index is 1.28. The molecular weight excluding hydrogens is 410 g/mol. The molecule has 0 aliphatic heterocycles. The van der Waals surface area contributed by atoms with Gasteiger partial charge in [0, 0.05) is 37.8 Å². The maximum atomic E-state index is 11.8. The SMILES string of the molecule is Cc1ccccc1CN(CCCCCOc1ccc2c(ccc(=O)n2C)c1)c1cccnc1. The van der Waals surface area contributed by atoms with E-state index in [0.29, 0.717) is 6.61 Å². The molecule has 0 fully saturated rings. The van der Waals surface area contributed by atoms with Crippen LogP contribution in [0.1, 0.15) is 30.4 Å².